The van der Waals surface area contributed by atoms with E-state index < -0.39 is 0 Å². The zero-order valence-corrected chi connectivity index (χ0v) is 13.7. The summed E-state index contributed by atoms with van der Waals surface area (Å²) in [6.45, 7) is 2.18. The molecule has 1 saturated carbocycles. The molecule has 1 unspecified atom stereocenters. The van der Waals surface area contributed by atoms with E-state index in [1.807, 2.05) is 0 Å². The second kappa shape index (κ2) is 6.83. The first-order valence-corrected chi connectivity index (χ1v) is 8.81. The summed E-state index contributed by atoms with van der Waals surface area (Å²) < 4.78 is 0. The third kappa shape index (κ3) is 3.43. The van der Waals surface area contributed by atoms with E-state index in [1.165, 1.54) is 60.4 Å². The summed E-state index contributed by atoms with van der Waals surface area (Å²) in [4.78, 5) is 0. The van der Waals surface area contributed by atoms with Crippen LogP contribution in [0.3, 0.4) is 0 Å². The Labute approximate surface area is 133 Å². The number of alkyl halides is 1. The van der Waals surface area contributed by atoms with Gasteiger partial charge in [0.2, 0.25) is 0 Å². The normalized spacial score (nSPS) is 18.6. The lowest BCUT2D eigenvalue weighted by molar-refractivity contribution is 0.423. The molecule has 0 radical (unpaired) electrons. The van der Waals surface area contributed by atoms with Crippen molar-refractivity contribution < 1.29 is 0 Å². The van der Waals surface area contributed by atoms with Gasteiger partial charge in [0.25, 0.3) is 0 Å². The molecule has 0 nitrogen and oxygen atoms in total. The number of aryl methyl sites for hydroxylation is 1. The van der Waals surface area contributed by atoms with E-state index in [2.05, 4.69) is 43.3 Å². The number of rotatable bonds is 3. The Hall–Kier alpha value is -1.01. The van der Waals surface area contributed by atoms with Crippen molar-refractivity contribution >= 4 is 22.4 Å². The standard InChI is InChI=1S/C20H25Cl/c1-15-12-13-19(18-11-7-6-10-17(15)18)20(21)14-16-8-4-2-3-5-9-16/h6-7,10-13,16,20H,2-5,8-9,14H2,1H3. The van der Waals surface area contributed by atoms with Crippen molar-refractivity contribution in [3.8, 4) is 0 Å². The van der Waals surface area contributed by atoms with Crippen LogP contribution < -0.4 is 0 Å². The number of hydrogen-bond acceptors (Lipinski definition) is 0. The van der Waals surface area contributed by atoms with Crippen LogP contribution in [0.5, 0.6) is 0 Å². The lowest BCUT2D eigenvalue weighted by Crippen LogP contribution is -2.04. The van der Waals surface area contributed by atoms with E-state index in [1.54, 1.807) is 0 Å². The molecular formula is C20H25Cl. The van der Waals surface area contributed by atoms with Crippen LogP contribution in [0.15, 0.2) is 36.4 Å². The van der Waals surface area contributed by atoms with E-state index in [-0.39, 0.29) is 5.38 Å². The van der Waals surface area contributed by atoms with Crippen LogP contribution in [0.1, 0.15) is 61.4 Å². The number of benzene rings is 2. The van der Waals surface area contributed by atoms with Crippen molar-refractivity contribution in [3.05, 3.63) is 47.5 Å². The van der Waals surface area contributed by atoms with Crippen LogP contribution in [0.2, 0.25) is 0 Å². The van der Waals surface area contributed by atoms with Gasteiger partial charge in [-0.3, -0.25) is 0 Å². The SMILES string of the molecule is Cc1ccc(C(Cl)CC2CCCCCC2)c2ccccc12. The van der Waals surface area contributed by atoms with Gasteiger partial charge in [-0.15, -0.1) is 11.6 Å². The average Bonchev–Trinajstić information content (AvgIpc) is 2.76. The predicted octanol–water partition coefficient (Wildman–Crippen LogP) is 6.79. The fourth-order valence-corrected chi connectivity index (χ4v) is 4.21. The topological polar surface area (TPSA) is 0 Å². The number of halogens is 1. The molecule has 2 aromatic rings. The minimum absolute atomic E-state index is 0.151. The molecule has 0 bridgehead atoms. The Bertz CT molecular complexity index is 594. The van der Waals surface area contributed by atoms with E-state index in [0.717, 1.165) is 12.3 Å². The molecule has 0 aliphatic heterocycles. The van der Waals surface area contributed by atoms with E-state index >= 15 is 0 Å². The van der Waals surface area contributed by atoms with Gasteiger partial charge in [0.1, 0.15) is 0 Å². The average molecular weight is 301 g/mol. The van der Waals surface area contributed by atoms with E-state index in [4.69, 9.17) is 11.6 Å². The zero-order chi connectivity index (χ0) is 14.7. The minimum Gasteiger partial charge on any atom is -0.118 e. The summed E-state index contributed by atoms with van der Waals surface area (Å²) in [7, 11) is 0. The Morgan fingerprint density at radius 3 is 2.33 bits per heavy atom. The second-order valence-electron chi connectivity index (χ2n) is 6.58. The summed E-state index contributed by atoms with van der Waals surface area (Å²) in [5.41, 5.74) is 2.66. The number of fused-ring (bicyclic) bond motifs is 1. The van der Waals surface area contributed by atoms with Crippen molar-refractivity contribution in [3.63, 3.8) is 0 Å². The van der Waals surface area contributed by atoms with E-state index in [0.29, 0.717) is 0 Å². The molecule has 0 heterocycles. The molecule has 1 fully saturated rings. The summed E-state index contributed by atoms with van der Waals surface area (Å²) in [5, 5.41) is 2.84. The Balaban J connectivity index is 1.84. The first-order valence-electron chi connectivity index (χ1n) is 8.38. The van der Waals surface area contributed by atoms with Crippen LogP contribution in [-0.4, -0.2) is 0 Å². The summed E-state index contributed by atoms with van der Waals surface area (Å²) in [5.74, 6) is 0.815. The fourth-order valence-electron chi connectivity index (χ4n) is 3.77. The molecule has 1 aliphatic rings. The van der Waals surface area contributed by atoms with Crippen LogP contribution in [0.25, 0.3) is 10.8 Å². The highest BCUT2D eigenvalue weighted by atomic mass is 35.5. The zero-order valence-electron chi connectivity index (χ0n) is 12.9. The van der Waals surface area contributed by atoms with Crippen LogP contribution in [0.4, 0.5) is 0 Å². The van der Waals surface area contributed by atoms with Gasteiger partial charge >= 0.3 is 0 Å². The molecule has 3 rings (SSSR count). The van der Waals surface area contributed by atoms with Crippen LogP contribution in [-0.2, 0) is 0 Å². The van der Waals surface area contributed by atoms with Crippen molar-refractivity contribution in [2.75, 3.05) is 0 Å². The molecule has 21 heavy (non-hydrogen) atoms. The van der Waals surface area contributed by atoms with E-state index in [9.17, 15) is 0 Å². The van der Waals surface area contributed by atoms with Gasteiger partial charge in [0, 0.05) is 0 Å². The maximum absolute atomic E-state index is 6.82. The van der Waals surface area contributed by atoms with Gasteiger partial charge in [-0.1, -0.05) is 74.9 Å². The molecule has 0 amide bonds. The lowest BCUT2D eigenvalue weighted by atomic mass is 9.90. The fraction of sp³-hybridized carbons (Fsp3) is 0.500. The van der Waals surface area contributed by atoms with Gasteiger partial charge in [0.15, 0.2) is 0 Å². The maximum atomic E-state index is 6.82. The highest BCUT2D eigenvalue weighted by Gasteiger charge is 2.19. The van der Waals surface area contributed by atoms with Crippen LogP contribution >= 0.6 is 11.6 Å². The van der Waals surface area contributed by atoms with Crippen molar-refractivity contribution in [1.82, 2.24) is 0 Å². The van der Waals surface area contributed by atoms with Gasteiger partial charge in [-0.25, -0.2) is 0 Å². The molecule has 1 aliphatic carbocycles. The summed E-state index contributed by atoms with van der Waals surface area (Å²) in [6, 6.07) is 13.1. The smallest absolute Gasteiger partial charge is 0.0594 e. The van der Waals surface area contributed by atoms with Crippen molar-refractivity contribution in [1.29, 1.82) is 0 Å². The largest absolute Gasteiger partial charge is 0.118 e. The first kappa shape index (κ1) is 14.9. The lowest BCUT2D eigenvalue weighted by Gasteiger charge is -2.20. The molecule has 1 heteroatoms. The van der Waals surface area contributed by atoms with Gasteiger partial charge in [-0.2, -0.15) is 0 Å². The van der Waals surface area contributed by atoms with Gasteiger partial charge in [-0.05, 0) is 41.2 Å². The molecule has 0 spiro atoms. The second-order valence-corrected chi connectivity index (χ2v) is 7.10. The highest BCUT2D eigenvalue weighted by Crippen LogP contribution is 2.37. The molecule has 112 valence electrons. The van der Waals surface area contributed by atoms with Gasteiger partial charge in [0.05, 0.1) is 5.38 Å². The quantitative estimate of drug-likeness (QED) is 0.432. The number of hydrogen-bond donors (Lipinski definition) is 0. The molecular weight excluding hydrogens is 276 g/mol. The summed E-state index contributed by atoms with van der Waals surface area (Å²) >= 11 is 6.82. The highest BCUT2D eigenvalue weighted by molar-refractivity contribution is 6.21. The van der Waals surface area contributed by atoms with Crippen LogP contribution in [0, 0.1) is 12.8 Å². The molecule has 2 aromatic carbocycles. The first-order chi connectivity index (χ1) is 10.3. The van der Waals surface area contributed by atoms with Gasteiger partial charge < -0.3 is 0 Å². The Morgan fingerprint density at radius 1 is 0.952 bits per heavy atom. The van der Waals surface area contributed by atoms with Crippen molar-refractivity contribution in [2.45, 2.75) is 57.2 Å². The Morgan fingerprint density at radius 2 is 1.62 bits per heavy atom. The molecule has 1 atom stereocenters. The monoisotopic (exact) mass is 300 g/mol. The Kier molecular flexibility index (Phi) is 4.85. The van der Waals surface area contributed by atoms with Crippen molar-refractivity contribution in [2.24, 2.45) is 5.92 Å². The predicted molar refractivity (Wildman–Crippen MR) is 93.1 cm³/mol. The summed E-state index contributed by atoms with van der Waals surface area (Å²) in [6.07, 6.45) is 9.48. The molecule has 0 N–H and O–H groups in total. The molecule has 0 aromatic heterocycles. The maximum Gasteiger partial charge on any atom is 0.0594 e. The third-order valence-electron chi connectivity index (χ3n) is 5.03. The third-order valence-corrected chi connectivity index (χ3v) is 5.44. The molecule has 0 saturated heterocycles. The minimum atomic E-state index is 0.151.